The van der Waals surface area contributed by atoms with E-state index < -0.39 is 13.3 Å². The minimum atomic E-state index is -1.85. The monoisotopic (exact) mass is 898 g/mol. The Balaban J connectivity index is 0.000000211. The topological polar surface area (TPSA) is 51.8 Å². The Kier molecular flexibility index (Phi) is 11.6. The molecule has 0 aliphatic rings. The normalized spacial score (nSPS) is 11.7. The first-order valence-electron chi connectivity index (χ1n) is 17.1. The minimum Gasteiger partial charge on any atom is 0 e. The Labute approximate surface area is 313 Å². The number of nitrogens with zero attached hydrogens (tertiary/aromatic N) is 3. The van der Waals surface area contributed by atoms with Gasteiger partial charge in [0.1, 0.15) is 5.58 Å². The maximum absolute atomic E-state index is 6.31. The number of hydrogen-bond acceptors (Lipinski definition) is 4. The first-order valence-corrected chi connectivity index (χ1v) is 24.4. The van der Waals surface area contributed by atoms with Crippen molar-refractivity contribution in [2.24, 2.45) is 5.41 Å². The number of benzene rings is 3. The van der Waals surface area contributed by atoms with E-state index in [4.69, 9.17) is 4.42 Å². The third kappa shape index (κ3) is 8.51. The number of furan rings is 1. The average Bonchev–Trinajstić information content (AvgIpc) is 3.47. The van der Waals surface area contributed by atoms with Crippen molar-refractivity contribution in [3.63, 3.8) is 0 Å². The summed E-state index contributed by atoms with van der Waals surface area (Å²) in [5.74, 6) is 7.83. The Hall–Kier alpha value is -3.90. The fourth-order valence-corrected chi connectivity index (χ4v) is 9.85. The van der Waals surface area contributed by atoms with Crippen molar-refractivity contribution in [1.29, 1.82) is 0 Å². The van der Waals surface area contributed by atoms with Gasteiger partial charge in [-0.05, 0) is 29.2 Å². The summed E-state index contributed by atoms with van der Waals surface area (Å²) in [5, 5.41) is 2.13. The smallest absolute Gasteiger partial charge is 0 e. The van der Waals surface area contributed by atoms with Crippen molar-refractivity contribution < 1.29 is 24.5 Å². The number of hydrogen-bond donors (Lipinski definition) is 0. The van der Waals surface area contributed by atoms with E-state index in [9.17, 15) is 0 Å². The van der Waals surface area contributed by atoms with Crippen molar-refractivity contribution in [3.05, 3.63) is 133 Å². The van der Waals surface area contributed by atoms with E-state index in [0.717, 1.165) is 62.0 Å². The molecular weight excluding hydrogens is 851 g/mol. The maximum Gasteiger partial charge on any atom is 0 e. The zero-order valence-electron chi connectivity index (χ0n) is 30.3. The second-order valence-electron chi connectivity index (χ2n) is 15.2. The predicted octanol–water partition coefficient (Wildman–Crippen LogP) is 11.3. The van der Waals surface area contributed by atoms with Gasteiger partial charge in [0, 0.05) is 43.4 Å². The second-order valence-corrected chi connectivity index (χ2v) is 25.8. The summed E-state index contributed by atoms with van der Waals surface area (Å²) in [7, 11) is 0. The van der Waals surface area contributed by atoms with Gasteiger partial charge < -0.3 is 9.40 Å². The molecule has 50 heavy (non-hydrogen) atoms. The molecule has 0 spiro atoms. The molecule has 257 valence electrons. The second kappa shape index (κ2) is 15.6. The van der Waals surface area contributed by atoms with Crippen LogP contribution in [0.15, 0.2) is 114 Å². The summed E-state index contributed by atoms with van der Waals surface area (Å²) < 4.78 is 7.83. The number of rotatable bonds is 6. The summed E-state index contributed by atoms with van der Waals surface area (Å²) in [6.07, 6.45) is 8.68. The molecule has 0 bridgehead atoms. The molecule has 1 radical (unpaired) electrons. The Bertz CT molecular complexity index is 2200. The molecule has 0 aliphatic heterocycles. The van der Waals surface area contributed by atoms with Gasteiger partial charge in [0.25, 0.3) is 0 Å². The maximum atomic E-state index is 6.31. The molecule has 0 saturated carbocycles. The molecule has 3 aromatic carbocycles. The molecule has 0 fully saturated rings. The molecule has 4 heterocycles. The van der Waals surface area contributed by atoms with Gasteiger partial charge in [-0.25, -0.2) is 0 Å². The molecule has 0 amide bonds. The molecule has 0 N–H and O–H groups in total. The number of pyridine rings is 3. The van der Waals surface area contributed by atoms with E-state index in [2.05, 4.69) is 128 Å². The van der Waals surface area contributed by atoms with Crippen LogP contribution in [0.5, 0.6) is 0 Å². The summed E-state index contributed by atoms with van der Waals surface area (Å²) in [5.41, 5.74) is 10.6. The molecule has 7 rings (SSSR count). The first-order chi connectivity index (χ1) is 23.4. The molecule has 0 saturated heterocycles. The molecule has 0 aliphatic carbocycles. The van der Waals surface area contributed by atoms with Gasteiger partial charge in [-0.15, -0.1) is 18.2 Å². The quantitative estimate of drug-likeness (QED) is 0.123. The minimum absolute atomic E-state index is 0. The summed E-state index contributed by atoms with van der Waals surface area (Å²) in [6.45, 7) is 11.3. The van der Waals surface area contributed by atoms with Gasteiger partial charge in [0.05, 0.1) is 11.8 Å². The SMILES string of the molecule is CC(C)(C)Cc1ccnc(-c2[c-]ccc3c2oc2cncc(-c4ccccc4)c23)c1.CC(C)c1cc(-c2[c-]cccc2)nc[c]1[Ge]([CH3])([CH3])[CH3].[Ir]. The third-order valence-electron chi connectivity index (χ3n) is 8.59. The van der Waals surface area contributed by atoms with Crippen LogP contribution in [-0.2, 0) is 26.5 Å². The average molecular weight is 897 g/mol. The van der Waals surface area contributed by atoms with Crippen LogP contribution < -0.4 is 4.40 Å². The summed E-state index contributed by atoms with van der Waals surface area (Å²) >= 11 is -1.85. The molecule has 6 heteroatoms. The van der Waals surface area contributed by atoms with E-state index >= 15 is 0 Å². The van der Waals surface area contributed by atoms with Crippen LogP contribution in [0.2, 0.25) is 17.3 Å². The van der Waals surface area contributed by atoms with Crippen LogP contribution in [0.1, 0.15) is 51.7 Å². The van der Waals surface area contributed by atoms with Crippen LogP contribution in [0.4, 0.5) is 0 Å². The van der Waals surface area contributed by atoms with Gasteiger partial charge in [0.15, 0.2) is 0 Å². The van der Waals surface area contributed by atoms with Crippen LogP contribution in [0.25, 0.3) is 55.6 Å². The van der Waals surface area contributed by atoms with E-state index in [-0.39, 0.29) is 25.5 Å². The molecule has 4 aromatic heterocycles. The number of aromatic nitrogens is 3. The fraction of sp³-hybridized carbons (Fsp3) is 0.250. The third-order valence-corrected chi connectivity index (χ3v) is 12.9. The van der Waals surface area contributed by atoms with Crippen LogP contribution in [0.3, 0.4) is 0 Å². The van der Waals surface area contributed by atoms with Gasteiger partial charge in [-0.3, -0.25) is 4.98 Å². The number of fused-ring (bicyclic) bond motifs is 3. The van der Waals surface area contributed by atoms with E-state index in [1.165, 1.54) is 15.5 Å². The Morgan fingerprint density at radius 1 is 0.800 bits per heavy atom. The van der Waals surface area contributed by atoms with Gasteiger partial charge in [-0.2, -0.15) is 0 Å². The zero-order chi connectivity index (χ0) is 34.8. The molecule has 0 atom stereocenters. The van der Waals surface area contributed by atoms with Crippen molar-refractivity contribution >= 4 is 39.6 Å². The van der Waals surface area contributed by atoms with Crippen molar-refractivity contribution in [2.75, 3.05) is 0 Å². The molecular formula is C44H45GeIrN3O-2. The van der Waals surface area contributed by atoms with Crippen molar-refractivity contribution in [2.45, 2.75) is 64.2 Å². The van der Waals surface area contributed by atoms with Gasteiger partial charge in [0.2, 0.25) is 0 Å². The molecule has 7 aromatic rings. The Morgan fingerprint density at radius 2 is 1.56 bits per heavy atom. The van der Waals surface area contributed by atoms with Crippen LogP contribution in [-0.4, -0.2) is 28.2 Å². The summed E-state index contributed by atoms with van der Waals surface area (Å²) in [6, 6.07) is 35.5. The predicted molar refractivity (Wildman–Crippen MR) is 208 cm³/mol. The van der Waals surface area contributed by atoms with E-state index in [0.29, 0.717) is 5.92 Å². The van der Waals surface area contributed by atoms with Crippen LogP contribution >= 0.6 is 0 Å². The molecule has 0 unspecified atom stereocenters. The fourth-order valence-electron chi connectivity index (χ4n) is 6.33. The molecule has 4 nitrogen and oxygen atoms in total. The zero-order valence-corrected chi connectivity index (χ0v) is 34.8. The van der Waals surface area contributed by atoms with Gasteiger partial charge >= 0.3 is 119 Å². The van der Waals surface area contributed by atoms with E-state index in [1.54, 1.807) is 6.20 Å². The summed E-state index contributed by atoms with van der Waals surface area (Å²) in [4.78, 5) is 13.7. The standard InChI is InChI=1S/C27H23N2O.C17H22GeN.Ir/c1-27(2,3)15-18-12-13-29-23(14-18)20-10-7-11-21-25-22(19-8-5-4-6-9-19)16-28-17-24(25)30-26(20)21;1-13(2)15-11-17(14-9-7-6-8-10-14)19-12-16(15)18(3,4)5;/h4-9,11-14,16-17H,15H2,1-3H3;6-9,11-13H,1-5H3;/q2*-1;. The van der Waals surface area contributed by atoms with Gasteiger partial charge in [-0.1, -0.05) is 73.7 Å². The van der Waals surface area contributed by atoms with Crippen molar-refractivity contribution in [1.82, 2.24) is 15.0 Å². The van der Waals surface area contributed by atoms with Crippen LogP contribution in [0, 0.1) is 17.5 Å². The van der Waals surface area contributed by atoms with E-state index in [1.807, 2.05) is 54.9 Å². The van der Waals surface area contributed by atoms with Crippen molar-refractivity contribution in [3.8, 4) is 33.6 Å². The Morgan fingerprint density at radius 3 is 2.24 bits per heavy atom. The largest absolute Gasteiger partial charge is 0 e. The first kappa shape index (κ1) is 37.4.